The minimum absolute atomic E-state index is 0.425. The molecule has 0 aliphatic heterocycles. The molecule has 0 saturated heterocycles. The van der Waals surface area contributed by atoms with E-state index in [1.165, 1.54) is 0 Å². The summed E-state index contributed by atoms with van der Waals surface area (Å²) < 4.78 is 2.80. The summed E-state index contributed by atoms with van der Waals surface area (Å²) >= 11 is 7.83. The van der Waals surface area contributed by atoms with Gasteiger partial charge in [-0.25, -0.2) is 0 Å². The number of pyridine rings is 1. The largest absolute Gasteiger partial charge is 0.388 e. The van der Waals surface area contributed by atoms with Crippen LogP contribution in [-0.4, -0.2) is 19.9 Å². The van der Waals surface area contributed by atoms with Gasteiger partial charge in [0, 0.05) is 25.2 Å². The van der Waals surface area contributed by atoms with Crippen LogP contribution in [0.2, 0.25) is 5.02 Å². The van der Waals surface area contributed by atoms with E-state index in [1.54, 1.807) is 22.2 Å². The van der Waals surface area contributed by atoms with E-state index in [1.807, 2.05) is 31.5 Å². The van der Waals surface area contributed by atoms with Crippen molar-refractivity contribution in [1.29, 1.82) is 0 Å². The average molecular weight is 308 g/mol. The number of thiophene rings is 1. The van der Waals surface area contributed by atoms with Crippen LogP contribution < -0.4 is 0 Å². The Bertz CT molecular complexity index is 765. The molecule has 0 amide bonds. The lowest BCUT2D eigenvalue weighted by atomic mass is 10.1. The molecule has 20 heavy (non-hydrogen) atoms. The van der Waals surface area contributed by atoms with Crippen LogP contribution in [0.25, 0.3) is 10.2 Å². The highest BCUT2D eigenvalue weighted by molar-refractivity contribution is 7.17. The maximum atomic E-state index is 10.4. The van der Waals surface area contributed by atoms with Crippen LogP contribution in [0.5, 0.6) is 0 Å². The number of aliphatic hydroxyl groups excluding tert-OH is 1. The van der Waals surface area contributed by atoms with Gasteiger partial charge in [-0.2, -0.15) is 5.10 Å². The molecule has 4 nitrogen and oxygen atoms in total. The standard InChI is InChI=1S/C14H14ClN3OS/c1-8-14(15)11(18(2)17-8)6-12(19)9-5-13-10(16-7-9)3-4-20-13/h3-5,7,12,19H,6H2,1-2H3. The Hall–Kier alpha value is -1.43. The minimum atomic E-state index is -0.638. The summed E-state index contributed by atoms with van der Waals surface area (Å²) in [5.41, 5.74) is 3.38. The van der Waals surface area contributed by atoms with Crippen molar-refractivity contribution in [2.75, 3.05) is 0 Å². The van der Waals surface area contributed by atoms with Crippen molar-refractivity contribution in [3.05, 3.63) is 45.7 Å². The molecule has 3 heterocycles. The predicted octanol–water partition coefficient (Wildman–Crippen LogP) is 3.27. The molecule has 3 aromatic heterocycles. The Morgan fingerprint density at radius 1 is 1.50 bits per heavy atom. The van der Waals surface area contributed by atoms with Gasteiger partial charge in [0.05, 0.1) is 32.7 Å². The molecular weight excluding hydrogens is 294 g/mol. The van der Waals surface area contributed by atoms with Crippen molar-refractivity contribution in [3.63, 3.8) is 0 Å². The first-order chi connectivity index (χ1) is 9.56. The lowest BCUT2D eigenvalue weighted by molar-refractivity contribution is 0.175. The van der Waals surface area contributed by atoms with Gasteiger partial charge in [-0.05, 0) is 24.4 Å². The van der Waals surface area contributed by atoms with Crippen LogP contribution in [-0.2, 0) is 13.5 Å². The van der Waals surface area contributed by atoms with Crippen molar-refractivity contribution >= 4 is 33.2 Å². The number of fused-ring (bicyclic) bond motifs is 1. The van der Waals surface area contributed by atoms with E-state index in [0.717, 1.165) is 27.2 Å². The lowest BCUT2D eigenvalue weighted by Crippen LogP contribution is -2.07. The molecular formula is C14H14ClN3OS. The van der Waals surface area contributed by atoms with Crippen molar-refractivity contribution < 1.29 is 5.11 Å². The molecule has 1 atom stereocenters. The zero-order chi connectivity index (χ0) is 14.3. The van der Waals surface area contributed by atoms with Crippen LogP contribution in [0.15, 0.2) is 23.7 Å². The van der Waals surface area contributed by atoms with Crippen molar-refractivity contribution in [1.82, 2.24) is 14.8 Å². The van der Waals surface area contributed by atoms with E-state index < -0.39 is 6.10 Å². The second-order valence-corrected chi connectivity index (χ2v) is 6.09. The number of aliphatic hydroxyl groups is 1. The number of nitrogens with zero attached hydrogens (tertiary/aromatic N) is 3. The summed E-state index contributed by atoms with van der Waals surface area (Å²) in [6.45, 7) is 1.86. The average Bonchev–Trinajstić information content (AvgIpc) is 2.98. The molecule has 6 heteroatoms. The summed E-state index contributed by atoms with van der Waals surface area (Å²) in [5.74, 6) is 0. The van der Waals surface area contributed by atoms with E-state index in [9.17, 15) is 5.11 Å². The second-order valence-electron chi connectivity index (χ2n) is 4.76. The Morgan fingerprint density at radius 3 is 3.00 bits per heavy atom. The molecule has 0 fully saturated rings. The SMILES string of the molecule is Cc1nn(C)c(CC(O)c2cnc3ccsc3c2)c1Cl. The Morgan fingerprint density at radius 2 is 2.30 bits per heavy atom. The van der Waals surface area contributed by atoms with Crippen molar-refractivity contribution in [2.24, 2.45) is 7.05 Å². The molecule has 0 bridgehead atoms. The molecule has 0 aliphatic carbocycles. The van der Waals surface area contributed by atoms with Gasteiger partial charge >= 0.3 is 0 Å². The maximum absolute atomic E-state index is 10.4. The van der Waals surface area contributed by atoms with Crippen LogP contribution in [0.3, 0.4) is 0 Å². The molecule has 3 rings (SSSR count). The van der Waals surface area contributed by atoms with E-state index in [-0.39, 0.29) is 0 Å². The third kappa shape index (κ3) is 2.32. The smallest absolute Gasteiger partial charge is 0.0861 e. The normalized spacial score (nSPS) is 13.0. The Labute approximate surface area is 125 Å². The van der Waals surface area contributed by atoms with Gasteiger partial charge < -0.3 is 5.11 Å². The lowest BCUT2D eigenvalue weighted by Gasteiger charge is -2.11. The molecule has 1 N–H and O–H groups in total. The number of aryl methyl sites for hydroxylation is 2. The summed E-state index contributed by atoms with van der Waals surface area (Å²) in [6, 6.07) is 3.95. The highest BCUT2D eigenvalue weighted by Crippen LogP contribution is 2.27. The zero-order valence-corrected chi connectivity index (χ0v) is 12.7. The highest BCUT2D eigenvalue weighted by atomic mass is 35.5. The fourth-order valence-electron chi connectivity index (χ4n) is 2.25. The van der Waals surface area contributed by atoms with E-state index in [2.05, 4.69) is 10.1 Å². The topological polar surface area (TPSA) is 50.9 Å². The van der Waals surface area contributed by atoms with Gasteiger partial charge in [-0.1, -0.05) is 11.6 Å². The van der Waals surface area contributed by atoms with Gasteiger partial charge in [0.2, 0.25) is 0 Å². The van der Waals surface area contributed by atoms with Crippen molar-refractivity contribution in [2.45, 2.75) is 19.4 Å². The highest BCUT2D eigenvalue weighted by Gasteiger charge is 2.17. The minimum Gasteiger partial charge on any atom is -0.388 e. The van der Waals surface area contributed by atoms with E-state index >= 15 is 0 Å². The van der Waals surface area contributed by atoms with Gasteiger partial charge in [-0.3, -0.25) is 9.67 Å². The van der Waals surface area contributed by atoms with Crippen LogP contribution in [0, 0.1) is 6.92 Å². The molecule has 0 radical (unpaired) electrons. The molecule has 0 aliphatic rings. The third-order valence-corrected chi connectivity index (χ3v) is 4.70. The first-order valence-electron chi connectivity index (χ1n) is 6.25. The molecule has 104 valence electrons. The summed E-state index contributed by atoms with van der Waals surface area (Å²) in [7, 11) is 1.83. The number of hydrogen-bond donors (Lipinski definition) is 1. The third-order valence-electron chi connectivity index (χ3n) is 3.36. The number of hydrogen-bond acceptors (Lipinski definition) is 4. The quantitative estimate of drug-likeness (QED) is 0.808. The van der Waals surface area contributed by atoms with Gasteiger partial charge in [0.25, 0.3) is 0 Å². The van der Waals surface area contributed by atoms with E-state index in [4.69, 9.17) is 11.6 Å². The monoisotopic (exact) mass is 307 g/mol. The second kappa shape index (κ2) is 5.16. The molecule has 0 aromatic carbocycles. The number of rotatable bonds is 3. The van der Waals surface area contributed by atoms with Gasteiger partial charge in [-0.15, -0.1) is 11.3 Å². The number of aromatic nitrogens is 3. The fourth-order valence-corrected chi connectivity index (χ4v) is 3.27. The van der Waals surface area contributed by atoms with Gasteiger partial charge in [0.1, 0.15) is 0 Å². The molecule has 3 aromatic rings. The van der Waals surface area contributed by atoms with E-state index in [0.29, 0.717) is 11.4 Å². The fraction of sp³-hybridized carbons (Fsp3) is 0.286. The summed E-state index contributed by atoms with van der Waals surface area (Å²) in [4.78, 5) is 4.35. The first kappa shape index (κ1) is 13.5. The Balaban J connectivity index is 1.90. The predicted molar refractivity (Wildman–Crippen MR) is 81.2 cm³/mol. The maximum Gasteiger partial charge on any atom is 0.0861 e. The van der Waals surface area contributed by atoms with Crippen molar-refractivity contribution in [3.8, 4) is 0 Å². The molecule has 0 saturated carbocycles. The summed E-state index contributed by atoms with van der Waals surface area (Å²) in [5, 5.41) is 17.3. The van der Waals surface area contributed by atoms with Gasteiger partial charge in [0.15, 0.2) is 0 Å². The zero-order valence-electron chi connectivity index (χ0n) is 11.2. The number of halogens is 1. The summed E-state index contributed by atoms with van der Waals surface area (Å²) in [6.07, 6.45) is 1.51. The molecule has 1 unspecified atom stereocenters. The first-order valence-corrected chi connectivity index (χ1v) is 7.51. The van der Waals surface area contributed by atoms with Crippen LogP contribution in [0.4, 0.5) is 0 Å². The Kier molecular flexibility index (Phi) is 3.50. The van der Waals surface area contributed by atoms with Crippen LogP contribution in [0.1, 0.15) is 23.1 Å². The van der Waals surface area contributed by atoms with Crippen LogP contribution >= 0.6 is 22.9 Å². The molecule has 0 spiro atoms.